The van der Waals surface area contributed by atoms with Crippen molar-refractivity contribution in [3.8, 4) is 0 Å². The van der Waals surface area contributed by atoms with Gasteiger partial charge < -0.3 is 5.32 Å². The highest BCUT2D eigenvalue weighted by Crippen LogP contribution is 2.09. The van der Waals surface area contributed by atoms with Gasteiger partial charge in [-0.1, -0.05) is 30.3 Å². The van der Waals surface area contributed by atoms with Gasteiger partial charge in [-0.25, -0.2) is 4.68 Å². The number of carbonyl (C=O) groups is 1. The SMILES string of the molecule is Cc1cc(NC(=O)Cn2nnnc2CCCc2ccccc2)n(C)n1. The van der Waals surface area contributed by atoms with Crippen LogP contribution in [0.2, 0.25) is 0 Å². The first-order valence-electron chi connectivity index (χ1n) is 8.21. The van der Waals surface area contributed by atoms with Crippen LogP contribution in [0.25, 0.3) is 0 Å². The molecule has 0 aliphatic rings. The van der Waals surface area contributed by atoms with E-state index in [4.69, 9.17) is 0 Å². The Morgan fingerprint density at radius 2 is 2.00 bits per heavy atom. The average Bonchev–Trinajstić information content (AvgIpc) is 3.14. The lowest BCUT2D eigenvalue weighted by atomic mass is 10.1. The Kier molecular flexibility index (Phi) is 5.17. The zero-order valence-corrected chi connectivity index (χ0v) is 14.4. The predicted octanol–water partition coefficient (Wildman–Crippen LogP) is 1.53. The van der Waals surface area contributed by atoms with Crippen LogP contribution < -0.4 is 5.32 Å². The fourth-order valence-electron chi connectivity index (χ4n) is 2.67. The molecule has 0 unspecified atom stereocenters. The summed E-state index contributed by atoms with van der Waals surface area (Å²) in [5.41, 5.74) is 2.13. The predicted molar refractivity (Wildman–Crippen MR) is 92.9 cm³/mol. The van der Waals surface area contributed by atoms with E-state index in [1.54, 1.807) is 16.4 Å². The van der Waals surface area contributed by atoms with Gasteiger partial charge in [0.25, 0.3) is 0 Å². The number of nitrogens with one attached hydrogen (secondary N) is 1. The lowest BCUT2D eigenvalue weighted by molar-refractivity contribution is -0.117. The first-order valence-corrected chi connectivity index (χ1v) is 8.21. The van der Waals surface area contributed by atoms with Crippen molar-refractivity contribution >= 4 is 11.7 Å². The lowest BCUT2D eigenvalue weighted by Gasteiger charge is -2.07. The molecule has 2 aromatic heterocycles. The molecule has 130 valence electrons. The summed E-state index contributed by atoms with van der Waals surface area (Å²) in [7, 11) is 1.79. The van der Waals surface area contributed by atoms with Crippen molar-refractivity contribution in [1.29, 1.82) is 0 Å². The van der Waals surface area contributed by atoms with E-state index in [9.17, 15) is 4.79 Å². The van der Waals surface area contributed by atoms with Crippen molar-refractivity contribution in [2.45, 2.75) is 32.7 Å². The minimum atomic E-state index is -0.181. The summed E-state index contributed by atoms with van der Waals surface area (Å²) in [5.74, 6) is 1.19. The Morgan fingerprint density at radius 3 is 2.72 bits per heavy atom. The number of amides is 1. The molecule has 0 radical (unpaired) electrons. The molecule has 0 bridgehead atoms. The Labute approximate surface area is 145 Å². The van der Waals surface area contributed by atoms with Crippen molar-refractivity contribution in [2.75, 3.05) is 5.32 Å². The standard InChI is InChI=1S/C17H21N7O/c1-13-11-16(23(2)20-13)18-17(25)12-24-15(19-21-22-24)10-6-9-14-7-4-3-5-8-14/h3-5,7-8,11H,6,9-10,12H2,1-2H3,(H,18,25). The first-order chi connectivity index (χ1) is 12.1. The molecule has 1 amide bonds. The maximum Gasteiger partial charge on any atom is 0.247 e. The molecule has 0 fully saturated rings. The van der Waals surface area contributed by atoms with E-state index in [1.165, 1.54) is 5.56 Å². The normalized spacial score (nSPS) is 10.8. The summed E-state index contributed by atoms with van der Waals surface area (Å²) in [6.07, 6.45) is 2.60. The van der Waals surface area contributed by atoms with Gasteiger partial charge in [-0.2, -0.15) is 5.10 Å². The molecule has 3 rings (SSSR count). The quantitative estimate of drug-likeness (QED) is 0.705. The fourth-order valence-corrected chi connectivity index (χ4v) is 2.67. The summed E-state index contributed by atoms with van der Waals surface area (Å²) in [5, 5.41) is 18.7. The molecule has 0 saturated heterocycles. The molecule has 0 saturated carbocycles. The number of hydrogen-bond acceptors (Lipinski definition) is 5. The van der Waals surface area contributed by atoms with Crippen molar-refractivity contribution < 1.29 is 4.79 Å². The van der Waals surface area contributed by atoms with E-state index in [2.05, 4.69) is 38.1 Å². The molecule has 0 aliphatic carbocycles. The number of anilines is 1. The highest BCUT2D eigenvalue weighted by molar-refractivity contribution is 5.89. The summed E-state index contributed by atoms with van der Waals surface area (Å²) in [6, 6.07) is 12.1. The van der Waals surface area contributed by atoms with Gasteiger partial charge >= 0.3 is 0 Å². The van der Waals surface area contributed by atoms with Gasteiger partial charge in [-0.05, 0) is 35.8 Å². The molecular weight excluding hydrogens is 318 g/mol. The molecule has 0 atom stereocenters. The average molecular weight is 339 g/mol. The van der Waals surface area contributed by atoms with Crippen LogP contribution in [0.4, 0.5) is 5.82 Å². The molecule has 3 aromatic rings. The van der Waals surface area contributed by atoms with E-state index in [0.717, 1.165) is 25.0 Å². The van der Waals surface area contributed by atoms with Crippen molar-refractivity contribution in [1.82, 2.24) is 30.0 Å². The largest absolute Gasteiger partial charge is 0.309 e. The topological polar surface area (TPSA) is 90.5 Å². The van der Waals surface area contributed by atoms with E-state index in [-0.39, 0.29) is 12.5 Å². The van der Waals surface area contributed by atoms with Gasteiger partial charge in [-0.3, -0.25) is 9.48 Å². The number of benzene rings is 1. The van der Waals surface area contributed by atoms with Crippen LogP contribution in [0, 0.1) is 6.92 Å². The van der Waals surface area contributed by atoms with Gasteiger partial charge in [0, 0.05) is 19.5 Å². The summed E-state index contributed by atoms with van der Waals surface area (Å²) in [6.45, 7) is 1.96. The van der Waals surface area contributed by atoms with Crippen LogP contribution in [0.15, 0.2) is 36.4 Å². The Bertz CT molecular complexity index is 838. The van der Waals surface area contributed by atoms with Gasteiger partial charge in [0.1, 0.15) is 12.4 Å². The van der Waals surface area contributed by atoms with Gasteiger partial charge in [0.2, 0.25) is 5.91 Å². The summed E-state index contributed by atoms with van der Waals surface area (Å²) >= 11 is 0. The van der Waals surface area contributed by atoms with Crippen molar-refractivity contribution in [3.63, 3.8) is 0 Å². The fraction of sp³-hybridized carbons (Fsp3) is 0.353. The number of tetrazole rings is 1. The molecule has 2 heterocycles. The zero-order valence-electron chi connectivity index (χ0n) is 14.4. The van der Waals surface area contributed by atoms with Gasteiger partial charge in [0.05, 0.1) is 5.69 Å². The van der Waals surface area contributed by atoms with Gasteiger partial charge in [0.15, 0.2) is 5.82 Å². The van der Waals surface area contributed by atoms with Crippen molar-refractivity contribution in [2.24, 2.45) is 7.05 Å². The van der Waals surface area contributed by atoms with Gasteiger partial charge in [-0.15, -0.1) is 5.10 Å². The number of aryl methyl sites for hydroxylation is 4. The third-order valence-corrected chi connectivity index (χ3v) is 3.88. The highest BCUT2D eigenvalue weighted by Gasteiger charge is 2.12. The Balaban J connectivity index is 1.54. The minimum absolute atomic E-state index is 0.0812. The molecule has 25 heavy (non-hydrogen) atoms. The second-order valence-electron chi connectivity index (χ2n) is 5.93. The van der Waals surface area contributed by atoms with Crippen LogP contribution >= 0.6 is 0 Å². The minimum Gasteiger partial charge on any atom is -0.309 e. The maximum atomic E-state index is 12.2. The molecular formula is C17H21N7O. The number of hydrogen-bond donors (Lipinski definition) is 1. The van der Waals surface area contributed by atoms with Crippen LogP contribution in [-0.2, 0) is 31.2 Å². The zero-order chi connectivity index (χ0) is 17.6. The third-order valence-electron chi connectivity index (χ3n) is 3.88. The molecule has 1 N–H and O–H groups in total. The number of rotatable bonds is 7. The van der Waals surface area contributed by atoms with Crippen LogP contribution in [0.1, 0.15) is 23.5 Å². The monoisotopic (exact) mass is 339 g/mol. The van der Waals surface area contributed by atoms with Crippen molar-refractivity contribution in [3.05, 3.63) is 53.5 Å². The molecule has 8 nitrogen and oxygen atoms in total. The van der Waals surface area contributed by atoms with Crippen LogP contribution in [0.5, 0.6) is 0 Å². The smallest absolute Gasteiger partial charge is 0.247 e. The third kappa shape index (κ3) is 4.50. The van der Waals surface area contributed by atoms with Crippen LogP contribution in [-0.4, -0.2) is 35.9 Å². The van der Waals surface area contributed by atoms with E-state index in [0.29, 0.717) is 11.6 Å². The van der Waals surface area contributed by atoms with E-state index >= 15 is 0 Å². The summed E-state index contributed by atoms with van der Waals surface area (Å²) in [4.78, 5) is 12.2. The second kappa shape index (κ2) is 7.69. The molecule has 0 spiro atoms. The molecule has 1 aromatic carbocycles. The Morgan fingerprint density at radius 1 is 1.20 bits per heavy atom. The molecule has 0 aliphatic heterocycles. The second-order valence-corrected chi connectivity index (χ2v) is 5.93. The number of carbonyl (C=O) groups excluding carboxylic acids is 1. The number of aromatic nitrogens is 6. The molecule has 8 heteroatoms. The Hall–Kier alpha value is -3.03. The van der Waals surface area contributed by atoms with E-state index in [1.807, 2.05) is 31.2 Å². The lowest BCUT2D eigenvalue weighted by Crippen LogP contribution is -2.22. The van der Waals surface area contributed by atoms with E-state index < -0.39 is 0 Å². The number of nitrogens with zero attached hydrogens (tertiary/aromatic N) is 6. The van der Waals surface area contributed by atoms with Crippen LogP contribution in [0.3, 0.4) is 0 Å². The first kappa shape index (κ1) is 16.8. The summed E-state index contributed by atoms with van der Waals surface area (Å²) < 4.78 is 3.18. The maximum absolute atomic E-state index is 12.2. The highest BCUT2D eigenvalue weighted by atomic mass is 16.2.